The Balaban J connectivity index is 2.32. The van der Waals surface area contributed by atoms with Crippen molar-refractivity contribution in [2.75, 3.05) is 0 Å². The predicted molar refractivity (Wildman–Crippen MR) is 73.2 cm³/mol. The minimum Gasteiger partial charge on any atom is -0.292 e. The van der Waals surface area contributed by atoms with Gasteiger partial charge in [0.2, 0.25) is 0 Å². The normalized spacial score (nSPS) is 17.0. The summed E-state index contributed by atoms with van der Waals surface area (Å²) in [5.74, 6) is 0.727. The van der Waals surface area contributed by atoms with E-state index >= 15 is 0 Å². The molecule has 0 N–H and O–H groups in total. The van der Waals surface area contributed by atoms with Gasteiger partial charge in [0, 0.05) is 6.04 Å². The lowest BCUT2D eigenvalue weighted by atomic mass is 10.2. The molecule has 3 rings (SSSR count). The maximum atomic E-state index is 12.5. The fourth-order valence-electron chi connectivity index (χ4n) is 2.25. The summed E-state index contributed by atoms with van der Waals surface area (Å²) in [4.78, 5) is 17.1. The van der Waals surface area contributed by atoms with Crippen molar-refractivity contribution in [2.24, 2.45) is 0 Å². The Labute approximate surface area is 110 Å². The van der Waals surface area contributed by atoms with Crippen molar-refractivity contribution < 1.29 is 0 Å². The number of hydrogen-bond donors (Lipinski definition) is 0. The van der Waals surface area contributed by atoms with Gasteiger partial charge in [-0.2, -0.15) is 0 Å². The molecule has 3 nitrogen and oxygen atoms in total. The highest BCUT2D eigenvalue weighted by atomic mass is 35.5. The van der Waals surface area contributed by atoms with E-state index in [0.717, 1.165) is 30.6 Å². The van der Waals surface area contributed by atoms with E-state index in [9.17, 15) is 4.79 Å². The summed E-state index contributed by atoms with van der Waals surface area (Å²) in [6.07, 6.45) is 2.89. The van der Waals surface area contributed by atoms with Crippen LogP contribution in [0.4, 0.5) is 0 Å². The molecule has 0 spiro atoms. The molecule has 2 aromatic rings. The van der Waals surface area contributed by atoms with Crippen molar-refractivity contribution in [3.05, 3.63) is 40.4 Å². The van der Waals surface area contributed by atoms with E-state index in [1.807, 2.05) is 35.8 Å². The lowest BCUT2D eigenvalue weighted by Crippen LogP contribution is -2.25. The summed E-state index contributed by atoms with van der Waals surface area (Å²) >= 11 is 6.32. The zero-order valence-corrected chi connectivity index (χ0v) is 11.0. The van der Waals surface area contributed by atoms with Gasteiger partial charge < -0.3 is 0 Å². The van der Waals surface area contributed by atoms with E-state index in [1.165, 1.54) is 0 Å². The molecule has 0 aliphatic heterocycles. The molecule has 1 fully saturated rings. The van der Waals surface area contributed by atoms with E-state index in [4.69, 9.17) is 11.6 Å². The zero-order chi connectivity index (χ0) is 12.7. The van der Waals surface area contributed by atoms with Crippen LogP contribution >= 0.6 is 11.6 Å². The Hall–Kier alpha value is -1.35. The SMILES string of the molecule is CCC(Cl)c1nc2ccccc2c(=O)n1C1CC1. The Morgan fingerprint density at radius 3 is 2.83 bits per heavy atom. The van der Waals surface area contributed by atoms with Crippen molar-refractivity contribution in [3.8, 4) is 0 Å². The highest BCUT2D eigenvalue weighted by molar-refractivity contribution is 6.20. The standard InChI is InChI=1S/C14H15ClN2O/c1-2-11(15)13-16-12-6-4-3-5-10(12)14(18)17(13)9-7-8-9/h3-6,9,11H,2,7-8H2,1H3. The van der Waals surface area contributed by atoms with Gasteiger partial charge >= 0.3 is 0 Å². The average Bonchev–Trinajstić information content (AvgIpc) is 3.22. The van der Waals surface area contributed by atoms with Crippen LogP contribution in [0.15, 0.2) is 29.1 Å². The van der Waals surface area contributed by atoms with Gasteiger partial charge in [-0.3, -0.25) is 9.36 Å². The van der Waals surface area contributed by atoms with E-state index in [-0.39, 0.29) is 10.9 Å². The van der Waals surface area contributed by atoms with E-state index in [1.54, 1.807) is 0 Å². The Kier molecular flexibility index (Phi) is 2.86. The fraction of sp³-hybridized carbons (Fsp3) is 0.429. The number of aromatic nitrogens is 2. The molecule has 18 heavy (non-hydrogen) atoms. The summed E-state index contributed by atoms with van der Waals surface area (Å²) in [7, 11) is 0. The minimum absolute atomic E-state index is 0.0530. The second-order valence-corrected chi connectivity index (χ2v) is 5.30. The summed E-state index contributed by atoms with van der Waals surface area (Å²) < 4.78 is 1.81. The topological polar surface area (TPSA) is 34.9 Å². The third-order valence-electron chi connectivity index (χ3n) is 3.39. The lowest BCUT2D eigenvalue weighted by Gasteiger charge is -2.15. The first-order valence-corrected chi connectivity index (χ1v) is 6.81. The Bertz CT molecular complexity index is 646. The minimum atomic E-state index is -0.192. The second kappa shape index (κ2) is 4.39. The second-order valence-electron chi connectivity index (χ2n) is 4.77. The molecule has 0 bridgehead atoms. The van der Waals surface area contributed by atoms with Gasteiger partial charge in [0.25, 0.3) is 5.56 Å². The number of halogens is 1. The molecule has 1 atom stereocenters. The average molecular weight is 263 g/mol. The number of benzene rings is 1. The fourth-order valence-corrected chi connectivity index (χ4v) is 2.41. The molecular formula is C14H15ClN2O. The Morgan fingerprint density at radius 2 is 2.17 bits per heavy atom. The van der Waals surface area contributed by atoms with Crippen molar-refractivity contribution >= 4 is 22.5 Å². The van der Waals surface area contributed by atoms with Crippen LogP contribution in [-0.2, 0) is 0 Å². The predicted octanol–water partition coefficient (Wildman–Crippen LogP) is 3.42. The van der Waals surface area contributed by atoms with Crippen LogP contribution in [0.1, 0.15) is 43.4 Å². The number of alkyl halides is 1. The van der Waals surface area contributed by atoms with E-state index in [0.29, 0.717) is 11.4 Å². The van der Waals surface area contributed by atoms with Crippen molar-refractivity contribution in [1.82, 2.24) is 9.55 Å². The maximum Gasteiger partial charge on any atom is 0.261 e. The highest BCUT2D eigenvalue weighted by Crippen LogP contribution is 2.37. The van der Waals surface area contributed by atoms with Gasteiger partial charge in [-0.05, 0) is 31.4 Å². The van der Waals surface area contributed by atoms with Gasteiger partial charge in [0.15, 0.2) is 0 Å². The van der Waals surface area contributed by atoms with Crippen LogP contribution in [0.2, 0.25) is 0 Å². The first-order valence-electron chi connectivity index (χ1n) is 6.37. The Morgan fingerprint density at radius 1 is 1.44 bits per heavy atom. The smallest absolute Gasteiger partial charge is 0.261 e. The number of para-hydroxylation sites is 1. The van der Waals surface area contributed by atoms with Crippen molar-refractivity contribution in [3.63, 3.8) is 0 Å². The van der Waals surface area contributed by atoms with Crippen molar-refractivity contribution in [1.29, 1.82) is 0 Å². The third-order valence-corrected chi connectivity index (χ3v) is 3.89. The summed E-state index contributed by atoms with van der Waals surface area (Å²) in [5.41, 5.74) is 0.797. The van der Waals surface area contributed by atoms with Gasteiger partial charge in [-0.1, -0.05) is 19.1 Å². The van der Waals surface area contributed by atoms with Gasteiger partial charge in [0.05, 0.1) is 16.3 Å². The van der Waals surface area contributed by atoms with E-state index < -0.39 is 0 Å². The first-order chi connectivity index (χ1) is 8.72. The van der Waals surface area contributed by atoms with Gasteiger partial charge in [-0.25, -0.2) is 4.98 Å². The van der Waals surface area contributed by atoms with Crippen LogP contribution in [0, 0.1) is 0 Å². The van der Waals surface area contributed by atoms with Crippen LogP contribution in [0.5, 0.6) is 0 Å². The maximum absolute atomic E-state index is 12.5. The van der Waals surface area contributed by atoms with Crippen molar-refractivity contribution in [2.45, 2.75) is 37.6 Å². The summed E-state index contributed by atoms with van der Waals surface area (Å²) in [6, 6.07) is 7.78. The molecule has 1 heterocycles. The molecule has 0 amide bonds. The zero-order valence-electron chi connectivity index (χ0n) is 10.3. The first kappa shape index (κ1) is 11.7. The molecule has 0 saturated heterocycles. The number of hydrogen-bond acceptors (Lipinski definition) is 2. The quantitative estimate of drug-likeness (QED) is 0.795. The summed E-state index contributed by atoms with van der Waals surface area (Å²) in [6.45, 7) is 2.01. The molecule has 1 aliphatic rings. The molecular weight excluding hydrogens is 248 g/mol. The molecule has 0 radical (unpaired) electrons. The van der Waals surface area contributed by atoms with Gasteiger partial charge in [0.1, 0.15) is 5.82 Å². The lowest BCUT2D eigenvalue weighted by molar-refractivity contribution is 0.621. The highest BCUT2D eigenvalue weighted by Gasteiger charge is 2.29. The third kappa shape index (κ3) is 1.83. The largest absolute Gasteiger partial charge is 0.292 e. The molecule has 94 valence electrons. The monoisotopic (exact) mass is 262 g/mol. The molecule has 1 aromatic heterocycles. The number of fused-ring (bicyclic) bond motifs is 1. The molecule has 4 heteroatoms. The van der Waals surface area contributed by atoms with Crippen LogP contribution in [-0.4, -0.2) is 9.55 Å². The molecule has 1 aliphatic carbocycles. The summed E-state index contributed by atoms with van der Waals surface area (Å²) in [5, 5.41) is 0.496. The van der Waals surface area contributed by atoms with Crippen LogP contribution < -0.4 is 5.56 Å². The molecule has 1 unspecified atom stereocenters. The molecule has 1 saturated carbocycles. The van der Waals surface area contributed by atoms with E-state index in [2.05, 4.69) is 4.98 Å². The van der Waals surface area contributed by atoms with Gasteiger partial charge in [-0.15, -0.1) is 11.6 Å². The number of rotatable bonds is 3. The molecule has 1 aromatic carbocycles. The number of nitrogens with zero attached hydrogens (tertiary/aromatic N) is 2. The van der Waals surface area contributed by atoms with Crippen LogP contribution in [0.3, 0.4) is 0 Å². The van der Waals surface area contributed by atoms with Crippen LogP contribution in [0.25, 0.3) is 10.9 Å².